The smallest absolute Gasteiger partial charge is 0.293 e. The first-order valence-corrected chi connectivity index (χ1v) is 4.83. The van der Waals surface area contributed by atoms with Crippen LogP contribution in [-0.4, -0.2) is 15.9 Å². The average molecular weight is 238 g/mol. The highest BCUT2D eigenvalue weighted by Gasteiger charge is 2.12. The Bertz CT molecular complexity index is 566. The molecular formula is C11H8F2N2O2. The Hall–Kier alpha value is -2.11. The summed E-state index contributed by atoms with van der Waals surface area (Å²) in [5, 5.41) is 3.53. The second-order valence-electron chi connectivity index (χ2n) is 3.48. The predicted molar refractivity (Wildman–Crippen MR) is 53.5 cm³/mol. The van der Waals surface area contributed by atoms with Gasteiger partial charge >= 0.3 is 0 Å². The van der Waals surface area contributed by atoms with Crippen LogP contribution in [0.15, 0.2) is 22.7 Å². The molecule has 17 heavy (non-hydrogen) atoms. The molecule has 0 radical (unpaired) electrons. The van der Waals surface area contributed by atoms with E-state index in [1.807, 2.05) is 0 Å². The van der Waals surface area contributed by atoms with E-state index in [1.165, 1.54) is 13.0 Å². The van der Waals surface area contributed by atoms with E-state index in [-0.39, 0.29) is 29.5 Å². The zero-order chi connectivity index (χ0) is 12.4. The van der Waals surface area contributed by atoms with Crippen molar-refractivity contribution < 1.29 is 18.1 Å². The first kappa shape index (κ1) is 11.4. The van der Waals surface area contributed by atoms with Gasteiger partial charge in [-0.1, -0.05) is 11.2 Å². The van der Waals surface area contributed by atoms with Gasteiger partial charge in [-0.05, 0) is 11.6 Å². The molecule has 0 unspecified atom stereocenters. The minimum Gasteiger partial charge on any atom is -0.331 e. The number of hydrogen-bond acceptors (Lipinski definition) is 4. The molecule has 0 fully saturated rings. The number of halogens is 2. The summed E-state index contributed by atoms with van der Waals surface area (Å²) in [6.45, 7) is 1.29. The number of hydrogen-bond donors (Lipinski definition) is 0. The summed E-state index contributed by atoms with van der Waals surface area (Å²) in [6, 6.07) is 3.22. The van der Waals surface area contributed by atoms with E-state index in [4.69, 9.17) is 0 Å². The maximum atomic E-state index is 13.3. The van der Waals surface area contributed by atoms with Crippen LogP contribution >= 0.6 is 0 Å². The lowest BCUT2D eigenvalue weighted by Crippen LogP contribution is -1.97. The van der Waals surface area contributed by atoms with E-state index < -0.39 is 11.6 Å². The molecule has 0 N–H and O–H groups in total. The number of benzene rings is 1. The fourth-order valence-corrected chi connectivity index (χ4v) is 1.30. The summed E-state index contributed by atoms with van der Waals surface area (Å²) in [7, 11) is 0. The molecule has 1 heterocycles. The largest absolute Gasteiger partial charge is 0.331 e. The lowest BCUT2D eigenvalue weighted by atomic mass is 10.1. The van der Waals surface area contributed by atoms with Crippen molar-refractivity contribution in [3.05, 3.63) is 47.1 Å². The zero-order valence-corrected chi connectivity index (χ0v) is 8.91. The Labute approximate surface area is 95.3 Å². The fourth-order valence-electron chi connectivity index (χ4n) is 1.30. The molecule has 6 heteroatoms. The third-order valence-electron chi connectivity index (χ3n) is 2.13. The van der Waals surface area contributed by atoms with Crippen molar-refractivity contribution in [2.75, 3.05) is 0 Å². The van der Waals surface area contributed by atoms with Crippen molar-refractivity contribution in [2.24, 2.45) is 0 Å². The highest BCUT2D eigenvalue weighted by Crippen LogP contribution is 2.13. The highest BCUT2D eigenvalue weighted by atomic mass is 19.1. The fraction of sp³-hybridized carbons (Fsp3) is 0.182. The number of ketones is 1. The zero-order valence-electron chi connectivity index (χ0n) is 8.91. The number of carbonyl (C=O) groups is 1. The van der Waals surface area contributed by atoms with Crippen molar-refractivity contribution in [1.82, 2.24) is 10.1 Å². The molecular weight excluding hydrogens is 230 g/mol. The van der Waals surface area contributed by atoms with Crippen molar-refractivity contribution in [1.29, 1.82) is 0 Å². The van der Waals surface area contributed by atoms with Crippen LogP contribution in [0.3, 0.4) is 0 Å². The molecule has 2 aromatic rings. The van der Waals surface area contributed by atoms with Crippen molar-refractivity contribution in [3.8, 4) is 0 Å². The van der Waals surface area contributed by atoms with Gasteiger partial charge in [-0.3, -0.25) is 4.79 Å². The summed E-state index contributed by atoms with van der Waals surface area (Å²) >= 11 is 0. The third kappa shape index (κ3) is 2.52. The Morgan fingerprint density at radius 1 is 1.41 bits per heavy atom. The molecule has 0 aliphatic rings. The molecule has 0 amide bonds. The van der Waals surface area contributed by atoms with Gasteiger partial charge < -0.3 is 4.52 Å². The first-order chi connectivity index (χ1) is 8.06. The van der Waals surface area contributed by atoms with E-state index in [0.717, 1.165) is 12.1 Å². The minimum absolute atomic E-state index is 0.0445. The van der Waals surface area contributed by atoms with E-state index in [0.29, 0.717) is 0 Å². The molecule has 0 aliphatic carbocycles. The van der Waals surface area contributed by atoms with Crippen molar-refractivity contribution in [3.63, 3.8) is 0 Å². The van der Waals surface area contributed by atoms with Crippen LogP contribution in [0.4, 0.5) is 8.78 Å². The van der Waals surface area contributed by atoms with Gasteiger partial charge in [-0.2, -0.15) is 4.98 Å². The Morgan fingerprint density at radius 2 is 2.18 bits per heavy atom. The molecule has 2 rings (SSSR count). The third-order valence-corrected chi connectivity index (χ3v) is 2.13. The quantitative estimate of drug-likeness (QED) is 0.769. The Balaban J connectivity index is 2.22. The second-order valence-corrected chi connectivity index (χ2v) is 3.48. The van der Waals surface area contributed by atoms with E-state index in [9.17, 15) is 13.6 Å². The number of rotatable bonds is 3. The summed E-state index contributed by atoms with van der Waals surface area (Å²) < 4.78 is 30.6. The summed E-state index contributed by atoms with van der Waals surface area (Å²) in [5.74, 6) is -1.63. The second kappa shape index (κ2) is 4.40. The lowest BCUT2D eigenvalue weighted by molar-refractivity contribution is 0.0972. The van der Waals surface area contributed by atoms with Gasteiger partial charge in [0.05, 0.1) is 0 Å². The Kier molecular flexibility index (Phi) is 2.95. The van der Waals surface area contributed by atoms with Crippen LogP contribution in [0.2, 0.25) is 0 Å². The maximum absolute atomic E-state index is 13.3. The van der Waals surface area contributed by atoms with Crippen LogP contribution in [0.25, 0.3) is 0 Å². The number of nitrogens with zero attached hydrogens (tertiary/aromatic N) is 2. The van der Waals surface area contributed by atoms with Gasteiger partial charge in [0.15, 0.2) is 5.82 Å². The average Bonchev–Trinajstić information content (AvgIpc) is 2.71. The molecule has 1 aromatic carbocycles. The number of aromatic nitrogens is 2. The standard InChI is InChI=1S/C11H8F2N2O2/c1-6(16)11-14-10(15-17-11)4-7-2-3-8(12)5-9(7)13/h2-3,5H,4H2,1H3. The number of carbonyl (C=O) groups excluding carboxylic acids is 1. The van der Waals surface area contributed by atoms with Crippen molar-refractivity contribution in [2.45, 2.75) is 13.3 Å². The van der Waals surface area contributed by atoms with Gasteiger partial charge in [-0.15, -0.1) is 0 Å². The SMILES string of the molecule is CC(=O)c1nc(Cc2ccc(F)cc2F)no1. The molecule has 0 atom stereocenters. The molecule has 88 valence electrons. The van der Waals surface area contributed by atoms with Gasteiger partial charge in [-0.25, -0.2) is 8.78 Å². The first-order valence-electron chi connectivity index (χ1n) is 4.83. The van der Waals surface area contributed by atoms with Gasteiger partial charge in [0.1, 0.15) is 11.6 Å². The molecule has 0 spiro atoms. The molecule has 0 bridgehead atoms. The lowest BCUT2D eigenvalue weighted by Gasteiger charge is -1.98. The molecule has 0 aliphatic heterocycles. The summed E-state index contributed by atoms with van der Waals surface area (Å²) in [6.07, 6.45) is 0.0445. The van der Waals surface area contributed by atoms with Crippen molar-refractivity contribution >= 4 is 5.78 Å². The van der Waals surface area contributed by atoms with Crippen LogP contribution in [0.5, 0.6) is 0 Å². The maximum Gasteiger partial charge on any atom is 0.293 e. The van der Waals surface area contributed by atoms with Crippen LogP contribution < -0.4 is 0 Å². The van der Waals surface area contributed by atoms with Crippen LogP contribution in [0, 0.1) is 11.6 Å². The summed E-state index contributed by atoms with van der Waals surface area (Å²) in [4.78, 5) is 14.7. The minimum atomic E-state index is -0.681. The van der Waals surface area contributed by atoms with E-state index in [2.05, 4.69) is 14.7 Å². The van der Waals surface area contributed by atoms with Crippen LogP contribution in [-0.2, 0) is 6.42 Å². The van der Waals surface area contributed by atoms with E-state index in [1.54, 1.807) is 0 Å². The molecule has 0 saturated heterocycles. The van der Waals surface area contributed by atoms with Gasteiger partial charge in [0.2, 0.25) is 5.78 Å². The molecule has 1 aromatic heterocycles. The number of Topliss-reactive ketones (excluding diaryl/α,β-unsaturated/α-hetero) is 1. The predicted octanol–water partition coefficient (Wildman–Crippen LogP) is 2.14. The highest BCUT2D eigenvalue weighted by molar-refractivity contribution is 5.89. The van der Waals surface area contributed by atoms with E-state index >= 15 is 0 Å². The monoisotopic (exact) mass is 238 g/mol. The molecule has 4 nitrogen and oxygen atoms in total. The topological polar surface area (TPSA) is 56.0 Å². The van der Waals surface area contributed by atoms with Crippen LogP contribution in [0.1, 0.15) is 29.0 Å². The Morgan fingerprint density at radius 3 is 2.76 bits per heavy atom. The summed E-state index contributed by atoms with van der Waals surface area (Å²) in [5.41, 5.74) is 0.238. The van der Waals surface area contributed by atoms with Gasteiger partial charge in [0.25, 0.3) is 5.89 Å². The normalized spacial score (nSPS) is 10.5. The molecule has 0 saturated carbocycles. The van der Waals surface area contributed by atoms with Gasteiger partial charge in [0, 0.05) is 19.4 Å².